The Balaban J connectivity index is 2.55. The molecule has 1 unspecified atom stereocenters. The van der Waals surface area contributed by atoms with Crippen LogP contribution in [0, 0.1) is 0 Å². The van der Waals surface area contributed by atoms with E-state index in [0.29, 0.717) is 6.42 Å². The van der Waals surface area contributed by atoms with E-state index in [4.69, 9.17) is 5.21 Å². The zero-order valence-corrected chi connectivity index (χ0v) is 6.21. The largest absolute Gasteiger partial charge is 0.286 e. The van der Waals surface area contributed by atoms with Crippen LogP contribution in [0.5, 0.6) is 0 Å². The third-order valence-corrected chi connectivity index (χ3v) is 1.94. The van der Waals surface area contributed by atoms with Crippen molar-refractivity contribution in [3.05, 3.63) is 0 Å². The van der Waals surface area contributed by atoms with E-state index in [1.165, 1.54) is 0 Å². The monoisotopic (exact) mass is 143 g/mol. The maximum atomic E-state index is 10.9. The van der Waals surface area contributed by atoms with Gasteiger partial charge in [0.15, 0.2) is 0 Å². The van der Waals surface area contributed by atoms with Crippen molar-refractivity contribution in [2.75, 3.05) is 0 Å². The molecule has 1 aliphatic heterocycles. The summed E-state index contributed by atoms with van der Waals surface area (Å²) in [5, 5.41) is 9.98. The van der Waals surface area contributed by atoms with Crippen molar-refractivity contribution >= 4 is 5.91 Å². The minimum absolute atomic E-state index is 0.00926. The molecular weight excluding hydrogens is 130 g/mol. The van der Waals surface area contributed by atoms with Gasteiger partial charge in [0, 0.05) is 6.42 Å². The summed E-state index contributed by atoms with van der Waals surface area (Å²) >= 11 is 0. The van der Waals surface area contributed by atoms with Crippen molar-refractivity contribution in [2.24, 2.45) is 0 Å². The molecule has 1 N–H and O–H groups in total. The van der Waals surface area contributed by atoms with E-state index < -0.39 is 0 Å². The Labute approximate surface area is 60.6 Å². The van der Waals surface area contributed by atoms with Crippen LogP contribution in [0.25, 0.3) is 0 Å². The quantitative estimate of drug-likeness (QED) is 0.517. The van der Waals surface area contributed by atoms with Gasteiger partial charge in [-0.15, -0.1) is 0 Å². The average molecular weight is 143 g/mol. The SMILES string of the molecule is CC1CCCCC(=O)N1O. The molecule has 0 aromatic rings. The smallest absolute Gasteiger partial charge is 0.246 e. The molecule has 0 radical (unpaired) electrons. The number of hydroxylamine groups is 2. The summed E-state index contributed by atoms with van der Waals surface area (Å²) in [4.78, 5) is 10.9. The fraction of sp³-hybridized carbons (Fsp3) is 0.857. The lowest BCUT2D eigenvalue weighted by Gasteiger charge is -2.18. The summed E-state index contributed by atoms with van der Waals surface area (Å²) in [5.74, 6) is -0.134. The normalized spacial score (nSPS) is 28.4. The molecule has 0 saturated carbocycles. The van der Waals surface area contributed by atoms with Crippen LogP contribution in [0.4, 0.5) is 0 Å². The van der Waals surface area contributed by atoms with Gasteiger partial charge in [-0.25, -0.2) is 5.06 Å². The number of hydrogen-bond acceptors (Lipinski definition) is 2. The van der Waals surface area contributed by atoms with E-state index in [1.807, 2.05) is 6.92 Å². The number of hydrogen-bond donors (Lipinski definition) is 1. The Morgan fingerprint density at radius 2 is 2.30 bits per heavy atom. The van der Waals surface area contributed by atoms with Gasteiger partial charge in [-0.3, -0.25) is 10.0 Å². The highest BCUT2D eigenvalue weighted by molar-refractivity contribution is 5.75. The van der Waals surface area contributed by atoms with E-state index in [1.54, 1.807) is 0 Å². The maximum absolute atomic E-state index is 10.9. The van der Waals surface area contributed by atoms with E-state index >= 15 is 0 Å². The number of rotatable bonds is 0. The van der Waals surface area contributed by atoms with Crippen LogP contribution in [-0.2, 0) is 4.79 Å². The Bertz CT molecular complexity index is 136. The first-order valence-electron chi connectivity index (χ1n) is 3.73. The molecule has 0 bridgehead atoms. The van der Waals surface area contributed by atoms with Gasteiger partial charge in [-0.05, 0) is 19.8 Å². The van der Waals surface area contributed by atoms with Crippen LogP contribution in [0.1, 0.15) is 32.6 Å². The third-order valence-electron chi connectivity index (χ3n) is 1.94. The highest BCUT2D eigenvalue weighted by Gasteiger charge is 2.20. The molecule has 1 saturated heterocycles. The van der Waals surface area contributed by atoms with Gasteiger partial charge in [0.2, 0.25) is 5.91 Å². The number of carbonyl (C=O) groups is 1. The lowest BCUT2D eigenvalue weighted by Crippen LogP contribution is -2.33. The Kier molecular flexibility index (Phi) is 2.27. The molecule has 1 fully saturated rings. The first kappa shape index (κ1) is 7.54. The molecule has 0 aliphatic carbocycles. The second-order valence-electron chi connectivity index (χ2n) is 2.83. The van der Waals surface area contributed by atoms with Gasteiger partial charge in [-0.2, -0.15) is 0 Å². The van der Waals surface area contributed by atoms with Crippen LogP contribution >= 0.6 is 0 Å². The number of carbonyl (C=O) groups excluding carboxylic acids is 1. The van der Waals surface area contributed by atoms with E-state index in [-0.39, 0.29) is 11.9 Å². The number of amides is 1. The van der Waals surface area contributed by atoms with Crippen molar-refractivity contribution in [1.29, 1.82) is 0 Å². The molecule has 3 heteroatoms. The third kappa shape index (κ3) is 1.48. The van der Waals surface area contributed by atoms with Gasteiger partial charge in [0.1, 0.15) is 0 Å². The van der Waals surface area contributed by atoms with Crippen molar-refractivity contribution in [3.8, 4) is 0 Å². The van der Waals surface area contributed by atoms with Gasteiger partial charge in [0.05, 0.1) is 6.04 Å². The van der Waals surface area contributed by atoms with Crippen LogP contribution in [0.2, 0.25) is 0 Å². The van der Waals surface area contributed by atoms with Crippen LogP contribution < -0.4 is 0 Å². The molecule has 1 heterocycles. The standard InChI is InChI=1S/C7H13NO2/c1-6-4-2-3-5-7(9)8(6)10/h6,10H,2-5H2,1H3. The Hall–Kier alpha value is -0.570. The molecule has 1 atom stereocenters. The molecule has 0 aromatic heterocycles. The minimum atomic E-state index is -0.134. The second kappa shape index (κ2) is 3.01. The summed E-state index contributed by atoms with van der Waals surface area (Å²) < 4.78 is 0. The molecule has 0 aromatic carbocycles. The summed E-state index contributed by atoms with van der Waals surface area (Å²) in [6, 6.07) is 0.00926. The lowest BCUT2D eigenvalue weighted by molar-refractivity contribution is -0.172. The van der Waals surface area contributed by atoms with Crippen LogP contribution in [0.15, 0.2) is 0 Å². The Morgan fingerprint density at radius 1 is 1.60 bits per heavy atom. The lowest BCUT2D eigenvalue weighted by atomic mass is 10.1. The maximum Gasteiger partial charge on any atom is 0.246 e. The van der Waals surface area contributed by atoms with Crippen molar-refractivity contribution in [2.45, 2.75) is 38.6 Å². The van der Waals surface area contributed by atoms with Gasteiger partial charge in [0.25, 0.3) is 0 Å². The summed E-state index contributed by atoms with van der Waals surface area (Å²) in [6.07, 6.45) is 3.38. The average Bonchev–Trinajstić information content (AvgIpc) is 2.04. The van der Waals surface area contributed by atoms with E-state index in [2.05, 4.69) is 0 Å². The van der Waals surface area contributed by atoms with Crippen molar-refractivity contribution < 1.29 is 10.0 Å². The van der Waals surface area contributed by atoms with E-state index in [9.17, 15) is 4.79 Å². The molecule has 10 heavy (non-hydrogen) atoms. The zero-order chi connectivity index (χ0) is 7.56. The molecule has 3 nitrogen and oxygen atoms in total. The molecule has 58 valence electrons. The zero-order valence-electron chi connectivity index (χ0n) is 6.21. The number of nitrogens with zero attached hydrogens (tertiary/aromatic N) is 1. The van der Waals surface area contributed by atoms with Gasteiger partial charge in [-0.1, -0.05) is 6.42 Å². The summed E-state index contributed by atoms with van der Waals surface area (Å²) in [7, 11) is 0. The first-order valence-corrected chi connectivity index (χ1v) is 3.73. The van der Waals surface area contributed by atoms with Crippen LogP contribution in [-0.4, -0.2) is 22.2 Å². The van der Waals surface area contributed by atoms with Gasteiger partial charge < -0.3 is 0 Å². The molecule has 1 amide bonds. The topological polar surface area (TPSA) is 40.5 Å². The fourth-order valence-corrected chi connectivity index (χ4v) is 1.20. The molecule has 1 aliphatic rings. The predicted molar refractivity (Wildman–Crippen MR) is 36.6 cm³/mol. The van der Waals surface area contributed by atoms with Crippen molar-refractivity contribution in [3.63, 3.8) is 0 Å². The van der Waals surface area contributed by atoms with E-state index in [0.717, 1.165) is 24.3 Å². The minimum Gasteiger partial charge on any atom is -0.286 e. The second-order valence-corrected chi connectivity index (χ2v) is 2.83. The first-order chi connectivity index (χ1) is 4.72. The Morgan fingerprint density at radius 3 is 3.00 bits per heavy atom. The van der Waals surface area contributed by atoms with Gasteiger partial charge >= 0.3 is 0 Å². The highest BCUT2D eigenvalue weighted by Crippen LogP contribution is 2.14. The molecule has 0 spiro atoms. The fourth-order valence-electron chi connectivity index (χ4n) is 1.20. The highest BCUT2D eigenvalue weighted by atomic mass is 16.5. The summed E-state index contributed by atoms with van der Waals surface area (Å²) in [6.45, 7) is 1.86. The summed E-state index contributed by atoms with van der Waals surface area (Å²) in [5.41, 5.74) is 0. The predicted octanol–water partition coefficient (Wildman–Crippen LogP) is 1.17. The molecule has 1 rings (SSSR count). The van der Waals surface area contributed by atoms with Crippen molar-refractivity contribution in [1.82, 2.24) is 5.06 Å². The van der Waals surface area contributed by atoms with Crippen LogP contribution in [0.3, 0.4) is 0 Å². The molecular formula is C7H13NO2.